The monoisotopic (exact) mass is 352 g/mol. The summed E-state index contributed by atoms with van der Waals surface area (Å²) >= 11 is 1.06. The molecule has 128 valence electrons. The van der Waals surface area contributed by atoms with Gasteiger partial charge in [-0.25, -0.2) is 4.39 Å². The smallest absolute Gasteiger partial charge is 0.308 e. The molecule has 2 aromatic rings. The molecule has 0 saturated carbocycles. The molecule has 0 radical (unpaired) electrons. The summed E-state index contributed by atoms with van der Waals surface area (Å²) < 4.78 is 20.0. The Morgan fingerprint density at radius 3 is 2.71 bits per heavy atom. The minimum atomic E-state index is -1.07. The SMILES string of the molecule is Cc1csc(=O)n1CCC(=O)O[C@H](C)C(=O)Nc1ccccc1F. The number of carbonyl (C=O) groups excluding carboxylic acids is 2. The lowest BCUT2D eigenvalue weighted by Gasteiger charge is -2.14. The number of nitrogens with one attached hydrogen (secondary N) is 1. The summed E-state index contributed by atoms with van der Waals surface area (Å²) in [4.78, 5) is 35.1. The van der Waals surface area contributed by atoms with Crippen LogP contribution >= 0.6 is 11.3 Å². The van der Waals surface area contributed by atoms with Gasteiger partial charge in [0.1, 0.15) is 5.82 Å². The Kier molecular flexibility index (Phi) is 5.86. The predicted molar refractivity (Wildman–Crippen MR) is 88.5 cm³/mol. The number of rotatable bonds is 6. The van der Waals surface area contributed by atoms with Crippen LogP contribution in [0.2, 0.25) is 0 Å². The van der Waals surface area contributed by atoms with Gasteiger partial charge >= 0.3 is 10.8 Å². The number of hydrogen-bond acceptors (Lipinski definition) is 5. The Balaban J connectivity index is 1.86. The molecule has 0 aliphatic rings. The Hall–Kier alpha value is -2.48. The largest absolute Gasteiger partial charge is 0.452 e. The molecule has 0 aliphatic heterocycles. The van der Waals surface area contributed by atoms with Crippen LogP contribution < -0.4 is 10.2 Å². The van der Waals surface area contributed by atoms with Crippen molar-refractivity contribution < 1.29 is 18.7 Å². The zero-order chi connectivity index (χ0) is 17.7. The van der Waals surface area contributed by atoms with E-state index < -0.39 is 23.8 Å². The number of benzene rings is 1. The van der Waals surface area contributed by atoms with Crippen molar-refractivity contribution in [1.29, 1.82) is 0 Å². The van der Waals surface area contributed by atoms with Crippen LogP contribution in [-0.4, -0.2) is 22.5 Å². The van der Waals surface area contributed by atoms with E-state index in [0.29, 0.717) is 0 Å². The number of esters is 1. The van der Waals surface area contributed by atoms with Crippen molar-refractivity contribution in [2.45, 2.75) is 32.9 Å². The molecule has 2 rings (SSSR count). The second-order valence-electron chi connectivity index (χ2n) is 5.15. The average molecular weight is 352 g/mol. The quantitative estimate of drug-likeness (QED) is 0.810. The first kappa shape index (κ1) is 17.9. The zero-order valence-electron chi connectivity index (χ0n) is 13.2. The molecule has 0 bridgehead atoms. The Morgan fingerprint density at radius 1 is 1.38 bits per heavy atom. The second-order valence-corrected chi connectivity index (χ2v) is 5.97. The number of carbonyl (C=O) groups is 2. The summed E-state index contributed by atoms with van der Waals surface area (Å²) in [6.45, 7) is 3.36. The van der Waals surface area contributed by atoms with Gasteiger partial charge < -0.3 is 14.6 Å². The highest BCUT2D eigenvalue weighted by molar-refractivity contribution is 7.07. The van der Waals surface area contributed by atoms with Crippen molar-refractivity contribution in [1.82, 2.24) is 4.57 Å². The molecule has 1 aromatic heterocycles. The van der Waals surface area contributed by atoms with Crippen molar-refractivity contribution >= 4 is 28.9 Å². The number of thiazole rings is 1. The van der Waals surface area contributed by atoms with Gasteiger partial charge in [-0.15, -0.1) is 0 Å². The standard InChI is InChI=1S/C16H17FN2O4S/c1-10-9-24-16(22)19(10)8-7-14(20)23-11(2)15(21)18-13-6-4-3-5-12(13)17/h3-6,9,11H,7-8H2,1-2H3,(H,18,21)/t11-/m1/s1. The lowest BCUT2D eigenvalue weighted by Crippen LogP contribution is -2.30. The minimum absolute atomic E-state index is 0.0193. The Morgan fingerprint density at radius 2 is 2.08 bits per heavy atom. The molecule has 0 saturated heterocycles. The normalized spacial score (nSPS) is 11.8. The fraction of sp³-hybridized carbons (Fsp3) is 0.312. The fourth-order valence-electron chi connectivity index (χ4n) is 1.98. The van der Waals surface area contributed by atoms with Crippen LogP contribution in [0, 0.1) is 12.7 Å². The molecule has 0 spiro atoms. The zero-order valence-corrected chi connectivity index (χ0v) is 14.1. The highest BCUT2D eigenvalue weighted by Crippen LogP contribution is 2.13. The molecular weight excluding hydrogens is 335 g/mol. The summed E-state index contributed by atoms with van der Waals surface area (Å²) in [6.07, 6.45) is -1.10. The summed E-state index contributed by atoms with van der Waals surface area (Å²) in [5.74, 6) is -1.81. The number of anilines is 1. The molecule has 1 heterocycles. The van der Waals surface area contributed by atoms with Gasteiger partial charge in [0.05, 0.1) is 12.1 Å². The summed E-state index contributed by atoms with van der Waals surface area (Å²) in [6, 6.07) is 5.71. The van der Waals surface area contributed by atoms with Gasteiger partial charge in [0.15, 0.2) is 6.10 Å². The van der Waals surface area contributed by atoms with Gasteiger partial charge in [0, 0.05) is 17.6 Å². The number of hydrogen-bond donors (Lipinski definition) is 1. The second kappa shape index (κ2) is 7.87. The van der Waals surface area contributed by atoms with E-state index >= 15 is 0 Å². The maximum Gasteiger partial charge on any atom is 0.308 e. The first-order chi connectivity index (χ1) is 11.4. The van der Waals surface area contributed by atoms with Crippen LogP contribution in [0.4, 0.5) is 10.1 Å². The molecule has 6 nitrogen and oxygen atoms in total. The van der Waals surface area contributed by atoms with Gasteiger partial charge in [-0.05, 0) is 26.0 Å². The fourth-order valence-corrected chi connectivity index (χ4v) is 2.75. The van der Waals surface area contributed by atoms with Crippen LogP contribution in [0.15, 0.2) is 34.4 Å². The first-order valence-electron chi connectivity index (χ1n) is 7.28. The lowest BCUT2D eigenvalue weighted by molar-refractivity contribution is -0.153. The van der Waals surface area contributed by atoms with Crippen LogP contribution in [-0.2, 0) is 20.9 Å². The number of amides is 1. The third kappa shape index (κ3) is 4.51. The maximum absolute atomic E-state index is 13.5. The van der Waals surface area contributed by atoms with Crippen molar-refractivity contribution in [3.63, 3.8) is 0 Å². The van der Waals surface area contributed by atoms with Crippen molar-refractivity contribution in [2.24, 2.45) is 0 Å². The third-order valence-corrected chi connectivity index (χ3v) is 4.21. The highest BCUT2D eigenvalue weighted by Gasteiger charge is 2.19. The number of ether oxygens (including phenoxy) is 1. The lowest BCUT2D eigenvalue weighted by atomic mass is 10.3. The molecule has 1 aromatic carbocycles. The molecule has 0 fully saturated rings. The van der Waals surface area contributed by atoms with E-state index in [9.17, 15) is 18.8 Å². The van der Waals surface area contributed by atoms with Crippen LogP contribution in [0.5, 0.6) is 0 Å². The van der Waals surface area contributed by atoms with Crippen LogP contribution in [0.25, 0.3) is 0 Å². The number of nitrogens with zero attached hydrogens (tertiary/aromatic N) is 1. The van der Waals surface area contributed by atoms with E-state index in [-0.39, 0.29) is 23.5 Å². The van der Waals surface area contributed by atoms with Crippen molar-refractivity contribution in [2.75, 3.05) is 5.32 Å². The van der Waals surface area contributed by atoms with Crippen molar-refractivity contribution in [3.8, 4) is 0 Å². The molecule has 1 N–H and O–H groups in total. The van der Waals surface area contributed by atoms with E-state index in [1.807, 2.05) is 0 Å². The van der Waals surface area contributed by atoms with Gasteiger partial charge in [-0.2, -0.15) is 0 Å². The Bertz CT molecular complexity index is 799. The molecule has 0 unspecified atom stereocenters. The van der Waals surface area contributed by atoms with Gasteiger partial charge in [-0.3, -0.25) is 14.4 Å². The van der Waals surface area contributed by atoms with E-state index in [4.69, 9.17) is 4.74 Å². The summed E-state index contributed by atoms with van der Waals surface area (Å²) in [5, 5.41) is 4.07. The maximum atomic E-state index is 13.5. The minimum Gasteiger partial charge on any atom is -0.452 e. The van der Waals surface area contributed by atoms with Crippen LogP contribution in [0.3, 0.4) is 0 Å². The summed E-state index contributed by atoms with van der Waals surface area (Å²) in [5.41, 5.74) is 0.786. The topological polar surface area (TPSA) is 77.4 Å². The van der Waals surface area contributed by atoms with E-state index in [2.05, 4.69) is 5.32 Å². The number of halogens is 1. The number of aromatic nitrogens is 1. The van der Waals surface area contributed by atoms with Gasteiger partial charge in [0.25, 0.3) is 5.91 Å². The number of para-hydroxylation sites is 1. The molecule has 8 heteroatoms. The number of aryl methyl sites for hydroxylation is 1. The Labute approximate surface area is 141 Å². The first-order valence-corrected chi connectivity index (χ1v) is 8.16. The summed E-state index contributed by atoms with van der Waals surface area (Å²) in [7, 11) is 0. The molecule has 1 atom stereocenters. The van der Waals surface area contributed by atoms with E-state index in [0.717, 1.165) is 17.0 Å². The highest BCUT2D eigenvalue weighted by atomic mass is 32.1. The van der Waals surface area contributed by atoms with Crippen molar-refractivity contribution in [3.05, 3.63) is 50.8 Å². The molecule has 1 amide bonds. The molecule has 0 aliphatic carbocycles. The third-order valence-electron chi connectivity index (χ3n) is 3.33. The van der Waals surface area contributed by atoms with Gasteiger partial charge in [0.2, 0.25) is 0 Å². The molecule has 24 heavy (non-hydrogen) atoms. The van der Waals surface area contributed by atoms with E-state index in [1.54, 1.807) is 18.4 Å². The molecular formula is C16H17FN2O4S. The van der Waals surface area contributed by atoms with Crippen LogP contribution in [0.1, 0.15) is 19.0 Å². The average Bonchev–Trinajstić information content (AvgIpc) is 2.86. The predicted octanol–water partition coefficient (Wildman–Crippen LogP) is 2.32. The van der Waals surface area contributed by atoms with Gasteiger partial charge in [-0.1, -0.05) is 23.5 Å². The van der Waals surface area contributed by atoms with E-state index in [1.165, 1.54) is 29.7 Å².